The molecule has 1 aliphatic carbocycles. The van der Waals surface area contributed by atoms with Gasteiger partial charge in [0.1, 0.15) is 11.2 Å². The van der Waals surface area contributed by atoms with Crippen molar-refractivity contribution in [1.29, 1.82) is 0 Å². The number of nitrogens with zero attached hydrogens (tertiary/aromatic N) is 1. The van der Waals surface area contributed by atoms with Crippen molar-refractivity contribution in [2.75, 3.05) is 4.90 Å². The first kappa shape index (κ1) is 42.4. The van der Waals surface area contributed by atoms with Gasteiger partial charge < -0.3 is 9.32 Å². The van der Waals surface area contributed by atoms with Gasteiger partial charge in [0.2, 0.25) is 0 Å². The Morgan fingerprint density at radius 3 is 1.36 bits per heavy atom. The van der Waals surface area contributed by atoms with Crippen LogP contribution in [0.2, 0.25) is 0 Å². The molecule has 0 amide bonds. The molecule has 1 aliphatic rings. The summed E-state index contributed by atoms with van der Waals surface area (Å²) >= 11 is 0. The highest BCUT2D eigenvalue weighted by molar-refractivity contribution is 6.13. The summed E-state index contributed by atoms with van der Waals surface area (Å²) in [7, 11) is 0. The van der Waals surface area contributed by atoms with Crippen molar-refractivity contribution in [2.45, 2.75) is 5.92 Å². The molecule has 2 nitrogen and oxygen atoms in total. The summed E-state index contributed by atoms with van der Waals surface area (Å²) in [6.07, 6.45) is 0. The van der Waals surface area contributed by atoms with Gasteiger partial charge in [-0.1, -0.05) is 237 Å². The quantitative estimate of drug-likeness (QED) is 0.143. The zero-order chi connectivity index (χ0) is 48.2. The third-order valence-corrected chi connectivity index (χ3v) is 15.0. The van der Waals surface area contributed by atoms with Gasteiger partial charge in [0.25, 0.3) is 0 Å². The van der Waals surface area contributed by atoms with E-state index in [4.69, 9.17) is 4.42 Å². The van der Waals surface area contributed by atoms with E-state index in [9.17, 15) is 0 Å². The number of benzene rings is 12. The van der Waals surface area contributed by atoms with E-state index in [1.165, 1.54) is 60.8 Å². The molecule has 1 atom stereocenters. The average Bonchev–Trinajstić information content (AvgIpc) is 4.03. The molecule has 1 heterocycles. The molecule has 0 saturated heterocycles. The number of fused-ring (bicyclic) bond motifs is 8. The molecule has 12 aromatic carbocycles. The van der Waals surface area contributed by atoms with Crippen LogP contribution in [0.15, 0.2) is 283 Å². The second kappa shape index (κ2) is 17.7. The maximum atomic E-state index is 6.84. The molecule has 0 spiro atoms. The van der Waals surface area contributed by atoms with Gasteiger partial charge in [-0.25, -0.2) is 0 Å². The molecule has 0 N–H and O–H groups in total. The molecule has 73 heavy (non-hydrogen) atoms. The minimum atomic E-state index is 0.0501. The van der Waals surface area contributed by atoms with Gasteiger partial charge >= 0.3 is 0 Å². The van der Waals surface area contributed by atoms with Crippen LogP contribution in [0.4, 0.5) is 17.1 Å². The maximum absolute atomic E-state index is 6.84. The minimum Gasteiger partial charge on any atom is -0.455 e. The first-order valence-corrected chi connectivity index (χ1v) is 25.2. The number of para-hydroxylation sites is 2. The third kappa shape index (κ3) is 7.43. The van der Waals surface area contributed by atoms with Gasteiger partial charge in [-0.15, -0.1) is 0 Å². The van der Waals surface area contributed by atoms with Gasteiger partial charge in [0, 0.05) is 44.9 Å². The highest BCUT2D eigenvalue weighted by atomic mass is 16.3. The van der Waals surface area contributed by atoms with E-state index in [0.717, 1.165) is 72.4 Å². The van der Waals surface area contributed by atoms with Crippen LogP contribution in [0.3, 0.4) is 0 Å². The van der Waals surface area contributed by atoms with Crippen molar-refractivity contribution < 1.29 is 4.42 Å². The van der Waals surface area contributed by atoms with E-state index in [-0.39, 0.29) is 5.92 Å². The van der Waals surface area contributed by atoms with E-state index < -0.39 is 0 Å². The zero-order valence-corrected chi connectivity index (χ0v) is 40.0. The van der Waals surface area contributed by atoms with Crippen LogP contribution in [0.5, 0.6) is 0 Å². The van der Waals surface area contributed by atoms with Crippen LogP contribution in [0.1, 0.15) is 22.6 Å². The lowest BCUT2D eigenvalue weighted by molar-refractivity contribution is 0.671. The van der Waals surface area contributed by atoms with Crippen LogP contribution >= 0.6 is 0 Å². The number of hydrogen-bond donors (Lipinski definition) is 0. The van der Waals surface area contributed by atoms with E-state index in [0.29, 0.717) is 0 Å². The fraction of sp³-hybridized carbons (Fsp3) is 0.0141. The molecule has 13 aromatic rings. The maximum Gasteiger partial charge on any atom is 0.143 e. The SMILES string of the molecule is c1ccc(-c2ccc(C3c4cc(N(c5ccc(-c6ccccc6)cc5)c5ccc(-c6cccc(-c7cccc8c7oc7c(-c9ccccc9)cccc78)c6)cc5)ccc4-c4ccc5ccccc5c43)cc2)cc1. The van der Waals surface area contributed by atoms with Crippen molar-refractivity contribution in [3.63, 3.8) is 0 Å². The smallest absolute Gasteiger partial charge is 0.143 e. The molecule has 0 bridgehead atoms. The van der Waals surface area contributed by atoms with E-state index in [1.54, 1.807) is 0 Å². The van der Waals surface area contributed by atoms with Gasteiger partial charge in [-0.2, -0.15) is 0 Å². The van der Waals surface area contributed by atoms with Crippen LogP contribution in [-0.2, 0) is 0 Å². The van der Waals surface area contributed by atoms with Crippen molar-refractivity contribution in [3.8, 4) is 66.8 Å². The number of furan rings is 1. The lowest BCUT2D eigenvalue weighted by Gasteiger charge is -2.27. The number of anilines is 3. The minimum absolute atomic E-state index is 0.0501. The normalized spacial score (nSPS) is 12.8. The second-order valence-corrected chi connectivity index (χ2v) is 19.1. The Hall–Kier alpha value is -9.50. The van der Waals surface area contributed by atoms with Crippen molar-refractivity contribution in [1.82, 2.24) is 0 Å². The Bertz CT molecular complexity index is 4160. The molecule has 14 rings (SSSR count). The van der Waals surface area contributed by atoms with Crippen LogP contribution < -0.4 is 4.90 Å². The molecular formula is C71H47NO. The standard InChI is InChI=1S/C71H47NO/c1-4-15-47(16-5-1)49-29-31-54(32-30-49)68-67-46-59(42-44-63(67)64-43-37-53-21-10-11-24-60(53)69(64)68)72(57-38-33-50(34-39-57)48-17-6-2-7-18-48)58-40-35-51(36-41-58)55-22-12-23-56(45-55)62-26-14-28-66-65-27-13-25-61(70(65)73-71(62)66)52-19-8-3-9-20-52/h1-46,68H. The topological polar surface area (TPSA) is 16.4 Å². The highest BCUT2D eigenvalue weighted by Gasteiger charge is 2.33. The van der Waals surface area contributed by atoms with Gasteiger partial charge in [0.15, 0.2) is 0 Å². The summed E-state index contributed by atoms with van der Waals surface area (Å²) in [6.45, 7) is 0. The summed E-state index contributed by atoms with van der Waals surface area (Å²) in [6, 6.07) is 102. The number of hydrogen-bond acceptors (Lipinski definition) is 2. The molecule has 0 aliphatic heterocycles. The fourth-order valence-corrected chi connectivity index (χ4v) is 11.5. The van der Waals surface area contributed by atoms with E-state index in [2.05, 4.69) is 284 Å². The predicted octanol–water partition coefficient (Wildman–Crippen LogP) is 19.7. The van der Waals surface area contributed by atoms with Gasteiger partial charge in [-0.05, 0) is 126 Å². The molecule has 0 radical (unpaired) electrons. The Morgan fingerprint density at radius 1 is 0.274 bits per heavy atom. The predicted molar refractivity (Wildman–Crippen MR) is 306 cm³/mol. The van der Waals surface area contributed by atoms with Crippen molar-refractivity contribution >= 4 is 49.8 Å². The summed E-state index contributed by atoms with van der Waals surface area (Å²) in [5.74, 6) is 0.0501. The molecule has 1 aromatic heterocycles. The first-order valence-electron chi connectivity index (χ1n) is 25.2. The third-order valence-electron chi connectivity index (χ3n) is 15.0. The largest absolute Gasteiger partial charge is 0.455 e. The average molecular weight is 930 g/mol. The summed E-state index contributed by atoms with van der Waals surface area (Å²) < 4.78 is 6.84. The first-order chi connectivity index (χ1) is 36.2. The van der Waals surface area contributed by atoms with Gasteiger partial charge in [0.05, 0.1) is 0 Å². The lowest BCUT2D eigenvalue weighted by atomic mass is 9.86. The molecule has 342 valence electrons. The summed E-state index contributed by atoms with van der Waals surface area (Å²) in [5.41, 5.74) is 23.2. The lowest BCUT2D eigenvalue weighted by Crippen LogP contribution is -2.11. The number of rotatable bonds is 9. The monoisotopic (exact) mass is 929 g/mol. The van der Waals surface area contributed by atoms with Crippen molar-refractivity contribution in [3.05, 3.63) is 296 Å². The van der Waals surface area contributed by atoms with Gasteiger partial charge in [-0.3, -0.25) is 0 Å². The second-order valence-electron chi connectivity index (χ2n) is 19.1. The van der Waals surface area contributed by atoms with E-state index in [1.807, 2.05) is 0 Å². The Labute approximate surface area is 425 Å². The summed E-state index contributed by atoms with van der Waals surface area (Å²) in [5, 5.41) is 4.80. The molecular weight excluding hydrogens is 883 g/mol. The fourth-order valence-electron chi connectivity index (χ4n) is 11.5. The molecule has 0 saturated carbocycles. The van der Waals surface area contributed by atoms with Crippen molar-refractivity contribution in [2.24, 2.45) is 0 Å². The zero-order valence-electron chi connectivity index (χ0n) is 40.0. The highest BCUT2D eigenvalue weighted by Crippen LogP contribution is 2.53. The van der Waals surface area contributed by atoms with Crippen LogP contribution in [0, 0.1) is 0 Å². The Morgan fingerprint density at radius 2 is 0.726 bits per heavy atom. The molecule has 2 heteroatoms. The van der Waals surface area contributed by atoms with Crippen LogP contribution in [-0.4, -0.2) is 0 Å². The van der Waals surface area contributed by atoms with E-state index >= 15 is 0 Å². The Kier molecular flexibility index (Phi) is 10.3. The molecule has 0 fully saturated rings. The van der Waals surface area contributed by atoms with Crippen LogP contribution in [0.25, 0.3) is 99.5 Å². The summed E-state index contributed by atoms with van der Waals surface area (Å²) in [4.78, 5) is 2.41. The molecule has 1 unspecified atom stereocenters. The Balaban J connectivity index is 0.864.